The van der Waals surface area contributed by atoms with Crippen molar-refractivity contribution >= 4 is 0 Å². The summed E-state index contributed by atoms with van der Waals surface area (Å²) in [6, 6.07) is 5.03. The van der Waals surface area contributed by atoms with E-state index < -0.39 is 0 Å². The molecule has 0 bridgehead atoms. The highest BCUT2D eigenvalue weighted by Gasteiger charge is 2.28. The Hall–Kier alpha value is -0.930. The first-order chi connectivity index (χ1) is 7.72. The zero-order valence-electron chi connectivity index (χ0n) is 9.45. The molecule has 1 saturated heterocycles. The van der Waals surface area contributed by atoms with Crippen LogP contribution in [0.5, 0.6) is 0 Å². The van der Waals surface area contributed by atoms with Gasteiger partial charge in [-0.15, -0.1) is 0 Å². The van der Waals surface area contributed by atoms with E-state index in [1.54, 1.807) is 6.07 Å². The second-order valence-corrected chi connectivity index (χ2v) is 4.40. The van der Waals surface area contributed by atoms with Gasteiger partial charge < -0.3 is 9.84 Å². The van der Waals surface area contributed by atoms with E-state index in [1.807, 2.05) is 13.0 Å². The highest BCUT2D eigenvalue weighted by Crippen LogP contribution is 2.34. The van der Waals surface area contributed by atoms with E-state index in [1.165, 1.54) is 6.07 Å². The summed E-state index contributed by atoms with van der Waals surface area (Å²) in [4.78, 5) is 0. The Morgan fingerprint density at radius 3 is 3.06 bits per heavy atom. The monoisotopic (exact) mass is 224 g/mol. The van der Waals surface area contributed by atoms with Crippen LogP contribution in [0.15, 0.2) is 18.2 Å². The molecule has 0 saturated carbocycles. The minimum atomic E-state index is -0.293. The van der Waals surface area contributed by atoms with E-state index >= 15 is 0 Å². The van der Waals surface area contributed by atoms with E-state index in [-0.39, 0.29) is 24.4 Å². The molecule has 0 aliphatic carbocycles. The molecule has 16 heavy (non-hydrogen) atoms. The van der Waals surface area contributed by atoms with Crippen LogP contribution < -0.4 is 0 Å². The van der Waals surface area contributed by atoms with E-state index in [4.69, 9.17) is 4.74 Å². The highest BCUT2D eigenvalue weighted by atomic mass is 19.1. The molecule has 1 aromatic rings. The minimum absolute atomic E-state index is 0.0186. The van der Waals surface area contributed by atoms with Crippen molar-refractivity contribution in [3.05, 3.63) is 35.1 Å². The third kappa shape index (κ3) is 2.25. The topological polar surface area (TPSA) is 29.5 Å². The summed E-state index contributed by atoms with van der Waals surface area (Å²) >= 11 is 0. The van der Waals surface area contributed by atoms with Gasteiger partial charge in [0.15, 0.2) is 0 Å². The summed E-state index contributed by atoms with van der Waals surface area (Å²) in [6.07, 6.45) is 1.54. The van der Waals surface area contributed by atoms with E-state index in [2.05, 4.69) is 0 Å². The molecule has 0 amide bonds. The molecule has 2 rings (SSSR count). The number of benzene rings is 1. The van der Waals surface area contributed by atoms with Crippen LogP contribution in [-0.4, -0.2) is 18.3 Å². The maximum absolute atomic E-state index is 13.7. The first-order valence-electron chi connectivity index (χ1n) is 5.71. The third-order valence-corrected chi connectivity index (χ3v) is 3.14. The lowest BCUT2D eigenvalue weighted by atomic mass is 9.89. The lowest BCUT2D eigenvalue weighted by Crippen LogP contribution is -2.26. The van der Waals surface area contributed by atoms with Crippen molar-refractivity contribution in [1.82, 2.24) is 0 Å². The zero-order valence-corrected chi connectivity index (χ0v) is 9.45. The van der Waals surface area contributed by atoms with Gasteiger partial charge >= 0.3 is 0 Å². The van der Waals surface area contributed by atoms with Gasteiger partial charge in [-0.05, 0) is 25.8 Å². The number of ether oxygens (including phenoxy) is 1. The van der Waals surface area contributed by atoms with Crippen LogP contribution in [0.4, 0.5) is 4.39 Å². The third-order valence-electron chi connectivity index (χ3n) is 3.14. The van der Waals surface area contributed by atoms with Crippen LogP contribution in [0.1, 0.15) is 30.1 Å². The van der Waals surface area contributed by atoms with Crippen LogP contribution in [0.25, 0.3) is 0 Å². The molecule has 2 nitrogen and oxygen atoms in total. The summed E-state index contributed by atoms with van der Waals surface area (Å²) in [6.45, 7) is 2.63. The lowest BCUT2D eigenvalue weighted by molar-refractivity contribution is -0.0474. The Bertz CT molecular complexity index is 365. The molecule has 1 N–H and O–H groups in total. The standard InChI is InChI=1S/C13H17FO2/c1-9-4-5-12(14)11(7-9)13-10(8-15)3-2-6-16-13/h4-5,7,10,13,15H,2-3,6,8H2,1H3. The Kier molecular flexibility index (Phi) is 3.56. The number of halogens is 1. The quantitative estimate of drug-likeness (QED) is 0.836. The van der Waals surface area contributed by atoms with Gasteiger partial charge in [-0.1, -0.05) is 17.7 Å². The van der Waals surface area contributed by atoms with Crippen molar-refractivity contribution in [2.24, 2.45) is 5.92 Å². The normalized spacial score (nSPS) is 25.7. The average Bonchev–Trinajstić information content (AvgIpc) is 2.32. The van der Waals surface area contributed by atoms with Crippen molar-refractivity contribution in [2.45, 2.75) is 25.9 Å². The SMILES string of the molecule is Cc1ccc(F)c(C2OCCCC2CO)c1. The van der Waals surface area contributed by atoms with Crippen LogP contribution >= 0.6 is 0 Å². The Morgan fingerprint density at radius 2 is 2.31 bits per heavy atom. The fourth-order valence-corrected chi connectivity index (χ4v) is 2.26. The Balaban J connectivity index is 2.30. The summed E-state index contributed by atoms with van der Waals surface area (Å²) in [5.41, 5.74) is 1.60. The molecule has 0 spiro atoms. The van der Waals surface area contributed by atoms with Gasteiger partial charge in [0.1, 0.15) is 5.82 Å². The molecule has 1 heterocycles. The van der Waals surface area contributed by atoms with Gasteiger partial charge in [0.2, 0.25) is 0 Å². The van der Waals surface area contributed by atoms with Crippen LogP contribution in [0, 0.1) is 18.7 Å². The molecule has 2 unspecified atom stereocenters. The molecule has 1 aromatic carbocycles. The van der Waals surface area contributed by atoms with Gasteiger partial charge in [-0.3, -0.25) is 0 Å². The smallest absolute Gasteiger partial charge is 0.129 e. The van der Waals surface area contributed by atoms with Crippen molar-refractivity contribution < 1.29 is 14.2 Å². The second-order valence-electron chi connectivity index (χ2n) is 4.40. The summed E-state index contributed by atoms with van der Waals surface area (Å²) in [5, 5.41) is 9.28. The molecule has 1 aliphatic heterocycles. The first kappa shape index (κ1) is 11.6. The maximum Gasteiger partial charge on any atom is 0.129 e. The number of hydrogen-bond acceptors (Lipinski definition) is 2. The number of rotatable bonds is 2. The molecule has 88 valence electrons. The molecule has 1 fully saturated rings. The zero-order chi connectivity index (χ0) is 11.5. The number of aliphatic hydroxyl groups excluding tert-OH is 1. The molecule has 0 radical (unpaired) electrons. The predicted octanol–water partition coefficient (Wildman–Crippen LogP) is 2.59. The number of aryl methyl sites for hydroxylation is 1. The molecular formula is C13H17FO2. The van der Waals surface area contributed by atoms with Crippen LogP contribution in [0.2, 0.25) is 0 Å². The summed E-state index contributed by atoms with van der Waals surface area (Å²) in [5.74, 6) is -0.221. The maximum atomic E-state index is 13.7. The lowest BCUT2D eigenvalue weighted by Gasteiger charge is -2.31. The van der Waals surface area contributed by atoms with E-state index in [0.29, 0.717) is 12.2 Å². The summed E-state index contributed by atoms with van der Waals surface area (Å²) < 4.78 is 19.3. The first-order valence-corrected chi connectivity index (χ1v) is 5.71. The number of hydrogen-bond donors (Lipinski definition) is 1. The van der Waals surface area contributed by atoms with Crippen molar-refractivity contribution in [1.29, 1.82) is 0 Å². The van der Waals surface area contributed by atoms with Crippen molar-refractivity contribution in [3.8, 4) is 0 Å². The summed E-state index contributed by atoms with van der Waals surface area (Å²) in [7, 11) is 0. The van der Waals surface area contributed by atoms with Crippen LogP contribution in [-0.2, 0) is 4.74 Å². The van der Waals surface area contributed by atoms with Crippen molar-refractivity contribution in [3.63, 3.8) is 0 Å². The van der Waals surface area contributed by atoms with E-state index in [0.717, 1.165) is 18.4 Å². The molecule has 0 aromatic heterocycles. The van der Waals surface area contributed by atoms with E-state index in [9.17, 15) is 9.50 Å². The Labute approximate surface area is 95.1 Å². The largest absolute Gasteiger partial charge is 0.396 e. The van der Waals surface area contributed by atoms with Gasteiger partial charge in [0.25, 0.3) is 0 Å². The van der Waals surface area contributed by atoms with Crippen molar-refractivity contribution in [2.75, 3.05) is 13.2 Å². The second kappa shape index (κ2) is 4.93. The average molecular weight is 224 g/mol. The molecule has 2 atom stereocenters. The molecule has 1 aliphatic rings. The number of aliphatic hydroxyl groups is 1. The van der Waals surface area contributed by atoms with Crippen LogP contribution in [0.3, 0.4) is 0 Å². The molecular weight excluding hydrogens is 207 g/mol. The predicted molar refractivity (Wildman–Crippen MR) is 59.6 cm³/mol. The molecule has 3 heteroatoms. The van der Waals surface area contributed by atoms with Gasteiger partial charge in [0.05, 0.1) is 6.10 Å². The fraction of sp³-hybridized carbons (Fsp3) is 0.538. The highest BCUT2D eigenvalue weighted by molar-refractivity contribution is 5.26. The minimum Gasteiger partial charge on any atom is -0.396 e. The fourth-order valence-electron chi connectivity index (χ4n) is 2.26. The van der Waals surface area contributed by atoms with Gasteiger partial charge in [-0.2, -0.15) is 0 Å². The van der Waals surface area contributed by atoms with Gasteiger partial charge in [-0.25, -0.2) is 4.39 Å². The van der Waals surface area contributed by atoms with Gasteiger partial charge in [0, 0.05) is 24.7 Å². The Morgan fingerprint density at radius 1 is 1.50 bits per heavy atom.